The summed E-state index contributed by atoms with van der Waals surface area (Å²) >= 11 is 0. The first-order valence-corrected chi connectivity index (χ1v) is 5.47. The van der Waals surface area contributed by atoms with Gasteiger partial charge in [-0.1, -0.05) is 0 Å². The highest BCUT2D eigenvalue weighted by molar-refractivity contribution is 6.00. The van der Waals surface area contributed by atoms with Crippen LogP contribution in [0.25, 0.3) is 0 Å². The number of hydrogen-bond donors (Lipinski definition) is 1. The number of hydrogen-bond acceptors (Lipinski definition) is 4. The van der Waals surface area contributed by atoms with Crippen LogP contribution in [0.2, 0.25) is 0 Å². The Labute approximate surface area is 105 Å². The zero-order chi connectivity index (χ0) is 13.0. The second-order valence-electron chi connectivity index (χ2n) is 3.76. The Kier molecular flexibility index (Phi) is 3.52. The Hall–Kier alpha value is -2.43. The number of carbonyl (C=O) groups is 1. The van der Waals surface area contributed by atoms with Crippen LogP contribution in [0.4, 0.5) is 0 Å². The number of aryl methyl sites for hydroxylation is 1. The molecule has 0 aliphatic carbocycles. The summed E-state index contributed by atoms with van der Waals surface area (Å²) in [4.78, 5) is 15.7. The third-order valence-electron chi connectivity index (χ3n) is 2.53. The van der Waals surface area contributed by atoms with Gasteiger partial charge in [0.1, 0.15) is 5.76 Å². The lowest BCUT2D eigenvalue weighted by atomic mass is 10.2. The quantitative estimate of drug-likeness (QED) is 0.663. The summed E-state index contributed by atoms with van der Waals surface area (Å²) in [6.45, 7) is 3.55. The predicted octanol–water partition coefficient (Wildman–Crippen LogP) is 2.14. The second-order valence-corrected chi connectivity index (χ2v) is 3.76. The average Bonchev–Trinajstić information content (AvgIpc) is 2.83. The van der Waals surface area contributed by atoms with Crippen LogP contribution in [0.1, 0.15) is 28.6 Å². The van der Waals surface area contributed by atoms with E-state index in [1.165, 1.54) is 6.26 Å². The zero-order valence-electron chi connectivity index (χ0n) is 10.2. The van der Waals surface area contributed by atoms with E-state index in [0.29, 0.717) is 17.0 Å². The van der Waals surface area contributed by atoms with Gasteiger partial charge in [0.2, 0.25) is 0 Å². The molecule has 2 aromatic heterocycles. The highest BCUT2D eigenvalue weighted by atomic mass is 16.3. The highest BCUT2D eigenvalue weighted by Gasteiger charge is 2.10. The number of furan rings is 1. The molecule has 0 radical (unpaired) electrons. The number of amides is 1. The second kappa shape index (κ2) is 5.27. The molecule has 0 fully saturated rings. The third kappa shape index (κ3) is 2.63. The van der Waals surface area contributed by atoms with Crippen molar-refractivity contribution in [1.29, 1.82) is 0 Å². The first-order valence-electron chi connectivity index (χ1n) is 5.47. The number of rotatable bonds is 3. The maximum absolute atomic E-state index is 11.8. The first kappa shape index (κ1) is 12.0. The van der Waals surface area contributed by atoms with Gasteiger partial charge in [0.15, 0.2) is 0 Å². The fraction of sp³-hybridized carbons (Fsp3) is 0.154. The van der Waals surface area contributed by atoms with E-state index >= 15 is 0 Å². The van der Waals surface area contributed by atoms with Crippen LogP contribution in [0.15, 0.2) is 46.4 Å². The molecule has 0 unspecified atom stereocenters. The Bertz CT molecular complexity index is 573. The smallest absolute Gasteiger partial charge is 0.274 e. The van der Waals surface area contributed by atoms with Crippen LogP contribution in [0.3, 0.4) is 0 Å². The SMILES string of the molecule is C/C(=N/NC(=O)c1ccoc1C)c1ccncc1. The number of pyridine rings is 1. The lowest BCUT2D eigenvalue weighted by molar-refractivity contribution is 0.0953. The molecule has 0 saturated heterocycles. The highest BCUT2D eigenvalue weighted by Crippen LogP contribution is 2.08. The van der Waals surface area contributed by atoms with Gasteiger partial charge in [-0.15, -0.1) is 0 Å². The predicted molar refractivity (Wildman–Crippen MR) is 67.4 cm³/mol. The van der Waals surface area contributed by atoms with E-state index in [-0.39, 0.29) is 5.91 Å². The molecule has 5 nitrogen and oxygen atoms in total. The van der Waals surface area contributed by atoms with Gasteiger partial charge in [-0.3, -0.25) is 9.78 Å². The minimum atomic E-state index is -0.283. The van der Waals surface area contributed by atoms with Crippen molar-refractivity contribution in [1.82, 2.24) is 10.4 Å². The van der Waals surface area contributed by atoms with Crippen molar-refractivity contribution < 1.29 is 9.21 Å². The first-order chi connectivity index (χ1) is 8.68. The van der Waals surface area contributed by atoms with Crippen molar-refractivity contribution in [3.8, 4) is 0 Å². The van der Waals surface area contributed by atoms with Crippen LogP contribution in [-0.4, -0.2) is 16.6 Å². The van der Waals surface area contributed by atoms with Crippen LogP contribution in [0, 0.1) is 6.92 Å². The summed E-state index contributed by atoms with van der Waals surface area (Å²) in [6, 6.07) is 5.27. The van der Waals surface area contributed by atoms with Crippen LogP contribution < -0.4 is 5.43 Å². The number of nitrogens with zero attached hydrogens (tertiary/aromatic N) is 2. The van der Waals surface area contributed by atoms with Gasteiger partial charge in [0.25, 0.3) is 5.91 Å². The van der Waals surface area contributed by atoms with Gasteiger partial charge >= 0.3 is 0 Å². The molecule has 0 saturated carbocycles. The molecule has 1 amide bonds. The maximum atomic E-state index is 11.8. The van der Waals surface area contributed by atoms with Gasteiger partial charge < -0.3 is 4.42 Å². The summed E-state index contributed by atoms with van der Waals surface area (Å²) in [6.07, 6.45) is 4.83. The lowest BCUT2D eigenvalue weighted by Gasteiger charge is -2.01. The summed E-state index contributed by atoms with van der Waals surface area (Å²) in [5, 5.41) is 4.04. The Morgan fingerprint density at radius 1 is 1.33 bits per heavy atom. The van der Waals surface area contributed by atoms with E-state index < -0.39 is 0 Å². The molecule has 0 aromatic carbocycles. The molecule has 0 bridgehead atoms. The van der Waals surface area contributed by atoms with Gasteiger partial charge in [0.05, 0.1) is 17.5 Å². The summed E-state index contributed by atoms with van der Waals surface area (Å²) in [5.41, 5.74) is 4.61. The normalized spacial score (nSPS) is 11.3. The number of aromatic nitrogens is 1. The van der Waals surface area contributed by atoms with E-state index in [2.05, 4.69) is 15.5 Å². The van der Waals surface area contributed by atoms with E-state index in [1.807, 2.05) is 19.1 Å². The van der Waals surface area contributed by atoms with E-state index in [0.717, 1.165) is 5.56 Å². The minimum absolute atomic E-state index is 0.283. The van der Waals surface area contributed by atoms with Crippen LogP contribution in [0.5, 0.6) is 0 Å². The average molecular weight is 243 g/mol. The van der Waals surface area contributed by atoms with Crippen LogP contribution in [-0.2, 0) is 0 Å². The van der Waals surface area contributed by atoms with Crippen LogP contribution >= 0.6 is 0 Å². The van der Waals surface area contributed by atoms with Gasteiger partial charge in [0, 0.05) is 18.0 Å². The molecule has 0 spiro atoms. The van der Waals surface area contributed by atoms with E-state index in [9.17, 15) is 4.79 Å². The molecule has 2 aromatic rings. The van der Waals surface area contributed by atoms with Crippen molar-refractivity contribution in [2.45, 2.75) is 13.8 Å². The van der Waals surface area contributed by atoms with Gasteiger partial charge in [-0.25, -0.2) is 5.43 Å². The summed E-state index contributed by atoms with van der Waals surface area (Å²) in [5.74, 6) is 0.291. The molecular formula is C13H13N3O2. The molecule has 0 aliphatic heterocycles. The largest absolute Gasteiger partial charge is 0.469 e. The van der Waals surface area contributed by atoms with E-state index in [4.69, 9.17) is 4.42 Å². The molecule has 0 aliphatic rings. The van der Waals surface area contributed by atoms with Crippen molar-refractivity contribution in [2.24, 2.45) is 5.10 Å². The van der Waals surface area contributed by atoms with Gasteiger partial charge in [-0.05, 0) is 32.0 Å². The third-order valence-corrected chi connectivity index (χ3v) is 2.53. The molecular weight excluding hydrogens is 230 g/mol. The molecule has 0 atom stereocenters. The molecule has 5 heteroatoms. The van der Waals surface area contributed by atoms with Crippen molar-refractivity contribution >= 4 is 11.6 Å². The summed E-state index contributed by atoms with van der Waals surface area (Å²) in [7, 11) is 0. The maximum Gasteiger partial charge on any atom is 0.274 e. The number of carbonyl (C=O) groups excluding carboxylic acids is 1. The minimum Gasteiger partial charge on any atom is -0.469 e. The number of nitrogens with one attached hydrogen (secondary N) is 1. The molecule has 18 heavy (non-hydrogen) atoms. The van der Waals surface area contributed by atoms with Gasteiger partial charge in [-0.2, -0.15) is 5.10 Å². The molecule has 92 valence electrons. The number of hydrazone groups is 1. The topological polar surface area (TPSA) is 67.5 Å². The van der Waals surface area contributed by atoms with Crippen molar-refractivity contribution in [2.75, 3.05) is 0 Å². The Morgan fingerprint density at radius 3 is 2.67 bits per heavy atom. The molecule has 2 rings (SSSR count). The van der Waals surface area contributed by atoms with E-state index in [1.54, 1.807) is 25.4 Å². The van der Waals surface area contributed by atoms with Crippen molar-refractivity contribution in [3.63, 3.8) is 0 Å². The standard InChI is InChI=1S/C13H13N3O2/c1-9(11-3-6-14-7-4-11)15-16-13(17)12-5-8-18-10(12)2/h3-8H,1-2H3,(H,16,17)/b15-9-. The lowest BCUT2D eigenvalue weighted by Crippen LogP contribution is -2.19. The fourth-order valence-corrected chi connectivity index (χ4v) is 1.47. The monoisotopic (exact) mass is 243 g/mol. The molecule has 1 N–H and O–H groups in total. The fourth-order valence-electron chi connectivity index (χ4n) is 1.47. The molecule has 2 heterocycles. The Balaban J connectivity index is 2.08. The Morgan fingerprint density at radius 2 is 2.06 bits per heavy atom. The summed E-state index contributed by atoms with van der Waals surface area (Å²) < 4.78 is 5.06. The zero-order valence-corrected chi connectivity index (χ0v) is 10.2. The van der Waals surface area contributed by atoms with Crippen molar-refractivity contribution in [3.05, 3.63) is 53.7 Å².